The van der Waals surface area contributed by atoms with E-state index in [1.54, 1.807) is 43.5 Å². The highest BCUT2D eigenvalue weighted by Gasteiger charge is 2.22. The molecule has 1 aliphatic rings. The van der Waals surface area contributed by atoms with Gasteiger partial charge in [0.25, 0.3) is 0 Å². The maximum atomic E-state index is 12.0. The highest BCUT2D eigenvalue weighted by Crippen LogP contribution is 2.28. The van der Waals surface area contributed by atoms with Crippen LogP contribution in [0.4, 0.5) is 0 Å². The third-order valence-corrected chi connectivity index (χ3v) is 3.55. The fourth-order valence-electron chi connectivity index (χ4n) is 2.16. The molecule has 0 N–H and O–H groups in total. The second kappa shape index (κ2) is 6.08. The Balaban J connectivity index is 1.88. The van der Waals surface area contributed by atoms with Crippen LogP contribution in [0.2, 0.25) is 5.02 Å². The summed E-state index contributed by atoms with van der Waals surface area (Å²) in [6.07, 6.45) is 3.54. The molecule has 0 amide bonds. The van der Waals surface area contributed by atoms with Gasteiger partial charge in [0, 0.05) is 5.02 Å². The summed E-state index contributed by atoms with van der Waals surface area (Å²) in [5.74, 6) is 0.935. The molecule has 2 aromatic carbocycles. The van der Waals surface area contributed by atoms with Crippen LogP contribution >= 0.6 is 11.6 Å². The van der Waals surface area contributed by atoms with Gasteiger partial charge in [0.05, 0.1) is 12.7 Å². The molecule has 0 bridgehead atoms. The Kier molecular flexibility index (Phi) is 3.98. The van der Waals surface area contributed by atoms with Gasteiger partial charge in [0.1, 0.15) is 11.5 Å². The summed E-state index contributed by atoms with van der Waals surface area (Å²) in [6.45, 7) is 0. The number of hydrogen-bond acceptors (Lipinski definition) is 3. The van der Waals surface area contributed by atoms with Gasteiger partial charge in [-0.05, 0) is 47.5 Å². The van der Waals surface area contributed by atoms with Crippen LogP contribution in [-0.4, -0.2) is 13.1 Å². The SMILES string of the molecule is COc1ccc(/C=C2/C=C(c3ccc(Cl)cc3)C(=O)O2)cc1. The van der Waals surface area contributed by atoms with Crippen LogP contribution in [0.3, 0.4) is 0 Å². The number of cyclic esters (lactones) is 1. The number of rotatable bonds is 3. The molecule has 0 radical (unpaired) electrons. The van der Waals surface area contributed by atoms with Crippen LogP contribution in [0.25, 0.3) is 11.6 Å². The molecule has 0 saturated heterocycles. The molecule has 0 saturated carbocycles. The van der Waals surface area contributed by atoms with Crippen LogP contribution in [0.5, 0.6) is 5.75 Å². The Morgan fingerprint density at radius 3 is 2.36 bits per heavy atom. The van der Waals surface area contributed by atoms with Crippen molar-refractivity contribution >= 4 is 29.2 Å². The van der Waals surface area contributed by atoms with E-state index >= 15 is 0 Å². The molecule has 0 spiro atoms. The van der Waals surface area contributed by atoms with Crippen molar-refractivity contribution in [2.24, 2.45) is 0 Å². The van der Waals surface area contributed by atoms with Gasteiger partial charge in [-0.3, -0.25) is 0 Å². The molecule has 0 unspecified atom stereocenters. The van der Waals surface area contributed by atoms with Gasteiger partial charge >= 0.3 is 5.97 Å². The molecule has 110 valence electrons. The zero-order valence-electron chi connectivity index (χ0n) is 11.9. The minimum Gasteiger partial charge on any atom is -0.497 e. The Morgan fingerprint density at radius 1 is 1.05 bits per heavy atom. The second-order valence-electron chi connectivity index (χ2n) is 4.77. The molecule has 1 aliphatic heterocycles. The number of halogens is 1. The van der Waals surface area contributed by atoms with E-state index in [-0.39, 0.29) is 5.97 Å². The number of carbonyl (C=O) groups is 1. The first-order chi connectivity index (χ1) is 10.7. The molecular formula is C18H13ClO3. The van der Waals surface area contributed by atoms with E-state index in [0.717, 1.165) is 16.9 Å². The molecular weight excluding hydrogens is 300 g/mol. The van der Waals surface area contributed by atoms with E-state index in [9.17, 15) is 4.79 Å². The van der Waals surface area contributed by atoms with Gasteiger partial charge in [-0.15, -0.1) is 0 Å². The molecule has 1 heterocycles. The van der Waals surface area contributed by atoms with Gasteiger partial charge in [0.2, 0.25) is 0 Å². The molecule has 3 rings (SSSR count). The highest BCUT2D eigenvalue weighted by molar-refractivity contribution is 6.30. The number of benzene rings is 2. The summed E-state index contributed by atoms with van der Waals surface area (Å²) in [5, 5.41) is 0.629. The van der Waals surface area contributed by atoms with Crippen LogP contribution in [0.1, 0.15) is 11.1 Å². The lowest BCUT2D eigenvalue weighted by atomic mass is 10.1. The normalized spacial score (nSPS) is 15.6. The number of ether oxygens (including phenoxy) is 2. The first-order valence-corrected chi connectivity index (χ1v) is 7.09. The van der Waals surface area contributed by atoms with Crippen LogP contribution < -0.4 is 4.74 Å². The molecule has 4 heteroatoms. The lowest BCUT2D eigenvalue weighted by molar-refractivity contribution is -0.131. The highest BCUT2D eigenvalue weighted by atomic mass is 35.5. The van der Waals surface area contributed by atoms with Crippen molar-refractivity contribution in [3.63, 3.8) is 0 Å². The Bertz CT molecular complexity index is 756. The van der Waals surface area contributed by atoms with Crippen LogP contribution in [0.15, 0.2) is 60.4 Å². The lowest BCUT2D eigenvalue weighted by Crippen LogP contribution is -1.97. The van der Waals surface area contributed by atoms with Crippen molar-refractivity contribution in [3.8, 4) is 5.75 Å². The summed E-state index contributed by atoms with van der Waals surface area (Å²) in [7, 11) is 1.62. The summed E-state index contributed by atoms with van der Waals surface area (Å²) in [6, 6.07) is 14.6. The maximum absolute atomic E-state index is 12.0. The van der Waals surface area contributed by atoms with Gasteiger partial charge in [-0.25, -0.2) is 4.79 Å². The molecule has 0 atom stereocenters. The predicted octanol–water partition coefficient (Wildman–Crippen LogP) is 4.33. The fraction of sp³-hybridized carbons (Fsp3) is 0.0556. The minimum atomic E-state index is -0.359. The van der Waals surface area contributed by atoms with Crippen molar-refractivity contribution in [3.05, 3.63) is 76.5 Å². The van der Waals surface area contributed by atoms with Crippen LogP contribution in [-0.2, 0) is 9.53 Å². The topological polar surface area (TPSA) is 35.5 Å². The third-order valence-electron chi connectivity index (χ3n) is 3.30. The zero-order chi connectivity index (χ0) is 15.5. The standard InChI is InChI=1S/C18H13ClO3/c1-21-15-8-2-12(3-9-15)10-16-11-17(18(20)22-16)13-4-6-14(19)7-5-13/h2-11H,1H3/b16-10-. The number of hydrogen-bond donors (Lipinski definition) is 0. The van der Waals surface area contributed by atoms with E-state index in [1.807, 2.05) is 24.3 Å². The van der Waals surface area contributed by atoms with Gasteiger partial charge in [-0.1, -0.05) is 35.9 Å². The van der Waals surface area contributed by atoms with E-state index in [1.165, 1.54) is 0 Å². The second-order valence-corrected chi connectivity index (χ2v) is 5.21. The quantitative estimate of drug-likeness (QED) is 0.791. The number of esters is 1. The van der Waals surface area contributed by atoms with Crippen molar-refractivity contribution in [2.75, 3.05) is 7.11 Å². The first kappa shape index (κ1) is 14.4. The van der Waals surface area contributed by atoms with Crippen molar-refractivity contribution < 1.29 is 14.3 Å². The van der Waals surface area contributed by atoms with E-state index in [4.69, 9.17) is 21.1 Å². The third kappa shape index (κ3) is 3.05. The van der Waals surface area contributed by atoms with E-state index in [0.29, 0.717) is 16.4 Å². The Hall–Kier alpha value is -2.52. The Morgan fingerprint density at radius 2 is 1.73 bits per heavy atom. The average molecular weight is 313 g/mol. The van der Waals surface area contributed by atoms with Crippen molar-refractivity contribution in [1.82, 2.24) is 0 Å². The summed E-state index contributed by atoms with van der Waals surface area (Å²) >= 11 is 5.86. The monoisotopic (exact) mass is 312 g/mol. The predicted molar refractivity (Wildman–Crippen MR) is 86.5 cm³/mol. The number of allylic oxidation sites excluding steroid dienone is 1. The molecule has 0 fully saturated rings. The molecule has 3 nitrogen and oxygen atoms in total. The largest absolute Gasteiger partial charge is 0.497 e. The van der Waals surface area contributed by atoms with E-state index in [2.05, 4.69) is 0 Å². The maximum Gasteiger partial charge on any atom is 0.344 e. The zero-order valence-corrected chi connectivity index (χ0v) is 12.6. The van der Waals surface area contributed by atoms with Gasteiger partial charge in [0.15, 0.2) is 0 Å². The number of carbonyl (C=O) groups excluding carboxylic acids is 1. The molecule has 22 heavy (non-hydrogen) atoms. The van der Waals surface area contributed by atoms with Gasteiger partial charge in [-0.2, -0.15) is 0 Å². The summed E-state index contributed by atoms with van der Waals surface area (Å²) in [5.41, 5.74) is 2.24. The number of methoxy groups -OCH3 is 1. The first-order valence-electron chi connectivity index (χ1n) is 6.71. The summed E-state index contributed by atoms with van der Waals surface area (Å²) in [4.78, 5) is 12.0. The fourth-order valence-corrected chi connectivity index (χ4v) is 2.28. The van der Waals surface area contributed by atoms with E-state index < -0.39 is 0 Å². The van der Waals surface area contributed by atoms with Gasteiger partial charge < -0.3 is 9.47 Å². The Labute approximate surface area is 133 Å². The smallest absolute Gasteiger partial charge is 0.344 e. The minimum absolute atomic E-state index is 0.359. The lowest BCUT2D eigenvalue weighted by Gasteiger charge is -2.00. The molecule has 2 aromatic rings. The van der Waals surface area contributed by atoms with Crippen LogP contribution in [0, 0.1) is 0 Å². The molecule has 0 aliphatic carbocycles. The van der Waals surface area contributed by atoms with Crippen molar-refractivity contribution in [1.29, 1.82) is 0 Å². The molecule has 0 aromatic heterocycles. The van der Waals surface area contributed by atoms with Crippen molar-refractivity contribution in [2.45, 2.75) is 0 Å². The summed E-state index contributed by atoms with van der Waals surface area (Å²) < 4.78 is 10.4. The average Bonchev–Trinajstić information content (AvgIpc) is 2.89.